The Bertz CT molecular complexity index is 969. The van der Waals surface area contributed by atoms with Crippen molar-refractivity contribution >= 4 is 27.5 Å². The minimum atomic E-state index is -3.66. The van der Waals surface area contributed by atoms with E-state index in [-0.39, 0.29) is 27.6 Å². The first-order valence-corrected chi connectivity index (χ1v) is 11.4. The fraction of sp³-hybridized carbons (Fsp3) is 0.381. The minimum Gasteiger partial charge on any atom is -0.337 e. The van der Waals surface area contributed by atoms with Gasteiger partial charge in [0.2, 0.25) is 10.0 Å². The number of halogens is 2. The molecule has 2 aromatic carbocycles. The van der Waals surface area contributed by atoms with Crippen molar-refractivity contribution in [3.63, 3.8) is 0 Å². The summed E-state index contributed by atoms with van der Waals surface area (Å²) in [4.78, 5) is 14.3. The molecule has 29 heavy (non-hydrogen) atoms. The summed E-state index contributed by atoms with van der Waals surface area (Å²) in [5.41, 5.74) is 0.453. The van der Waals surface area contributed by atoms with Crippen molar-refractivity contribution in [3.05, 3.63) is 64.4 Å². The highest BCUT2D eigenvalue weighted by molar-refractivity contribution is 7.89. The van der Waals surface area contributed by atoms with Gasteiger partial charge in [0.05, 0.1) is 4.90 Å². The molecule has 1 heterocycles. The topological polar surface area (TPSA) is 57.7 Å². The third kappa shape index (κ3) is 4.97. The summed E-state index contributed by atoms with van der Waals surface area (Å²) in [5, 5.41) is 0.238. The summed E-state index contributed by atoms with van der Waals surface area (Å²) in [5.74, 6) is -0.896. The van der Waals surface area contributed by atoms with Gasteiger partial charge >= 0.3 is 0 Å². The van der Waals surface area contributed by atoms with E-state index in [1.165, 1.54) is 40.5 Å². The van der Waals surface area contributed by atoms with Crippen molar-refractivity contribution in [1.29, 1.82) is 0 Å². The van der Waals surface area contributed by atoms with Crippen molar-refractivity contribution < 1.29 is 17.6 Å². The van der Waals surface area contributed by atoms with E-state index in [1.807, 2.05) is 0 Å². The highest BCUT2D eigenvalue weighted by atomic mass is 35.5. The SMILES string of the molecule is CN(Cc1c(F)cccc1Cl)C(=O)c1cccc(S(=O)(=O)N2CCCCCC2)c1. The number of nitrogens with zero attached hydrogens (tertiary/aromatic N) is 2. The highest BCUT2D eigenvalue weighted by Crippen LogP contribution is 2.23. The number of rotatable bonds is 5. The molecule has 0 radical (unpaired) electrons. The number of amides is 1. The van der Waals surface area contributed by atoms with Gasteiger partial charge in [-0.3, -0.25) is 4.79 Å². The van der Waals surface area contributed by atoms with Crippen molar-refractivity contribution in [1.82, 2.24) is 9.21 Å². The predicted octanol–water partition coefficient (Wildman–Crippen LogP) is 4.32. The molecule has 1 saturated heterocycles. The van der Waals surface area contributed by atoms with Crippen molar-refractivity contribution in [2.24, 2.45) is 0 Å². The second-order valence-corrected chi connectivity index (χ2v) is 9.55. The Kier molecular flexibility index (Phi) is 6.93. The second-order valence-electron chi connectivity index (χ2n) is 7.21. The van der Waals surface area contributed by atoms with E-state index in [2.05, 4.69) is 0 Å². The summed E-state index contributed by atoms with van der Waals surface area (Å²) in [6.45, 7) is 0.964. The van der Waals surface area contributed by atoms with Crippen LogP contribution in [-0.4, -0.2) is 43.7 Å². The lowest BCUT2D eigenvalue weighted by Gasteiger charge is -2.21. The van der Waals surface area contributed by atoms with Crippen LogP contribution < -0.4 is 0 Å². The normalized spacial score (nSPS) is 15.7. The molecule has 0 atom stereocenters. The monoisotopic (exact) mass is 438 g/mol. The summed E-state index contributed by atoms with van der Waals surface area (Å²) in [7, 11) is -2.13. The molecule has 1 fully saturated rings. The van der Waals surface area contributed by atoms with Crippen LogP contribution in [0.15, 0.2) is 47.4 Å². The molecule has 156 valence electrons. The van der Waals surface area contributed by atoms with E-state index in [4.69, 9.17) is 11.6 Å². The van der Waals surface area contributed by atoms with Crippen LogP contribution >= 0.6 is 11.6 Å². The van der Waals surface area contributed by atoms with E-state index in [9.17, 15) is 17.6 Å². The van der Waals surface area contributed by atoms with Crippen LogP contribution in [0.5, 0.6) is 0 Å². The zero-order chi connectivity index (χ0) is 21.0. The van der Waals surface area contributed by atoms with Gasteiger partial charge in [0, 0.05) is 42.8 Å². The Morgan fingerprint density at radius 2 is 1.76 bits per heavy atom. The van der Waals surface area contributed by atoms with Gasteiger partial charge < -0.3 is 4.90 Å². The molecule has 5 nitrogen and oxygen atoms in total. The molecule has 0 saturated carbocycles. The van der Waals surface area contributed by atoms with E-state index in [0.717, 1.165) is 25.7 Å². The number of hydrogen-bond donors (Lipinski definition) is 0. The van der Waals surface area contributed by atoms with Gasteiger partial charge in [0.15, 0.2) is 0 Å². The number of hydrogen-bond acceptors (Lipinski definition) is 3. The average Bonchev–Trinajstić information content (AvgIpc) is 3.00. The van der Waals surface area contributed by atoms with E-state index in [0.29, 0.717) is 13.1 Å². The Labute approximate surface area is 176 Å². The van der Waals surface area contributed by atoms with Gasteiger partial charge in [-0.25, -0.2) is 12.8 Å². The number of carbonyl (C=O) groups is 1. The number of benzene rings is 2. The molecule has 0 N–H and O–H groups in total. The fourth-order valence-electron chi connectivity index (χ4n) is 3.43. The third-order valence-corrected chi connectivity index (χ3v) is 7.34. The molecule has 0 unspecified atom stereocenters. The average molecular weight is 439 g/mol. The van der Waals surface area contributed by atoms with Crippen LogP contribution in [0.2, 0.25) is 5.02 Å². The molecule has 0 aromatic heterocycles. The maximum Gasteiger partial charge on any atom is 0.253 e. The number of sulfonamides is 1. The highest BCUT2D eigenvalue weighted by Gasteiger charge is 2.26. The zero-order valence-corrected chi connectivity index (χ0v) is 17.8. The van der Waals surface area contributed by atoms with Gasteiger partial charge in [-0.1, -0.05) is 36.6 Å². The predicted molar refractivity (Wildman–Crippen MR) is 111 cm³/mol. The molecule has 0 aliphatic carbocycles. The third-order valence-electron chi connectivity index (χ3n) is 5.09. The van der Waals surface area contributed by atoms with Gasteiger partial charge in [0.25, 0.3) is 5.91 Å². The molecule has 0 spiro atoms. The molecule has 1 aliphatic heterocycles. The van der Waals surface area contributed by atoms with Crippen LogP contribution in [0, 0.1) is 5.82 Å². The summed E-state index contributed by atoms with van der Waals surface area (Å²) in [6, 6.07) is 10.4. The van der Waals surface area contributed by atoms with Crippen molar-refractivity contribution in [2.45, 2.75) is 37.1 Å². The molecule has 1 aliphatic rings. The van der Waals surface area contributed by atoms with E-state index >= 15 is 0 Å². The molecule has 2 aromatic rings. The van der Waals surface area contributed by atoms with Crippen LogP contribution in [-0.2, 0) is 16.6 Å². The zero-order valence-electron chi connectivity index (χ0n) is 16.3. The summed E-state index contributed by atoms with van der Waals surface area (Å²) in [6.07, 6.45) is 3.72. The van der Waals surface area contributed by atoms with Crippen molar-refractivity contribution in [2.75, 3.05) is 20.1 Å². The molecule has 0 bridgehead atoms. The van der Waals surface area contributed by atoms with Crippen molar-refractivity contribution in [3.8, 4) is 0 Å². The smallest absolute Gasteiger partial charge is 0.253 e. The Hall–Kier alpha value is -1.96. The van der Waals surface area contributed by atoms with Crippen LogP contribution in [0.1, 0.15) is 41.6 Å². The van der Waals surface area contributed by atoms with Gasteiger partial charge in [0.1, 0.15) is 5.82 Å². The molecule has 8 heteroatoms. The minimum absolute atomic E-state index is 0.0204. The van der Waals surface area contributed by atoms with Gasteiger partial charge in [-0.15, -0.1) is 0 Å². The molecular formula is C21H24ClFN2O3S. The second kappa shape index (κ2) is 9.24. The maximum absolute atomic E-state index is 14.0. The Balaban J connectivity index is 1.82. The Morgan fingerprint density at radius 3 is 2.41 bits per heavy atom. The first kappa shape index (κ1) is 21.7. The molecule has 3 rings (SSSR count). The quantitative estimate of drug-likeness (QED) is 0.698. The van der Waals surface area contributed by atoms with E-state index < -0.39 is 21.7 Å². The Morgan fingerprint density at radius 1 is 1.10 bits per heavy atom. The lowest BCUT2D eigenvalue weighted by molar-refractivity contribution is 0.0783. The van der Waals surface area contributed by atoms with Crippen LogP contribution in [0.3, 0.4) is 0 Å². The number of carbonyl (C=O) groups excluding carboxylic acids is 1. The fourth-order valence-corrected chi connectivity index (χ4v) is 5.22. The van der Waals surface area contributed by atoms with Crippen LogP contribution in [0.25, 0.3) is 0 Å². The maximum atomic E-state index is 14.0. The first-order valence-electron chi connectivity index (χ1n) is 9.59. The molecular weight excluding hydrogens is 415 g/mol. The van der Waals surface area contributed by atoms with Gasteiger partial charge in [-0.2, -0.15) is 4.31 Å². The largest absolute Gasteiger partial charge is 0.337 e. The van der Waals surface area contributed by atoms with E-state index in [1.54, 1.807) is 18.2 Å². The van der Waals surface area contributed by atoms with Crippen LogP contribution in [0.4, 0.5) is 4.39 Å². The molecule has 1 amide bonds. The summed E-state index contributed by atoms with van der Waals surface area (Å²) < 4.78 is 41.5. The lowest BCUT2D eigenvalue weighted by Crippen LogP contribution is -2.32. The van der Waals surface area contributed by atoms with Gasteiger partial charge in [-0.05, 0) is 43.2 Å². The summed E-state index contributed by atoms with van der Waals surface area (Å²) >= 11 is 6.05. The first-order chi connectivity index (χ1) is 13.8. The lowest BCUT2D eigenvalue weighted by atomic mass is 10.1. The standard InChI is InChI=1S/C21H24ClFN2O3S/c1-24(15-18-19(22)10-7-11-20(18)23)21(26)16-8-6-9-17(14-16)29(27,28)25-12-4-2-3-5-13-25/h6-11,14H,2-5,12-13,15H2,1H3.